The van der Waals surface area contributed by atoms with E-state index in [9.17, 15) is 0 Å². The molecule has 0 fully saturated rings. The fraction of sp³-hybridized carbons (Fsp3) is 0.0645. The van der Waals surface area contributed by atoms with Gasteiger partial charge in [-0.2, -0.15) is 0 Å². The predicted octanol–water partition coefficient (Wildman–Crippen LogP) is 7.80. The van der Waals surface area contributed by atoms with Crippen molar-refractivity contribution in [3.05, 3.63) is 114 Å². The van der Waals surface area contributed by atoms with Crippen LogP contribution >= 0.6 is 0 Å². The second-order valence-electron chi connectivity index (χ2n) is 8.67. The average Bonchev–Trinajstić information content (AvgIpc) is 2.89. The average molecular weight is 438 g/mol. The van der Waals surface area contributed by atoms with Crippen LogP contribution in [0.25, 0.3) is 55.6 Å². The molecule has 3 heterocycles. The van der Waals surface area contributed by atoms with E-state index in [-0.39, 0.29) is 0 Å². The molecule has 0 atom stereocenters. The maximum Gasteiger partial charge on any atom is 0.0972 e. The van der Waals surface area contributed by atoms with E-state index in [1.54, 1.807) is 0 Å². The number of pyridine rings is 3. The zero-order valence-corrected chi connectivity index (χ0v) is 19.2. The molecule has 0 N–H and O–H groups in total. The standard InChI is InChI=1S/C31H23N3/c1-20-17-21(2)32-31-26(20)15-13-24-14-16-27(34-30(24)31)29-19-25(22-9-5-3-6-10-22)18-28(33-29)23-11-7-4-8-12-23/h3-19H,1-2H3. The summed E-state index contributed by atoms with van der Waals surface area (Å²) in [5, 5.41) is 2.22. The van der Waals surface area contributed by atoms with Crippen LogP contribution in [-0.2, 0) is 0 Å². The third kappa shape index (κ3) is 3.61. The van der Waals surface area contributed by atoms with Gasteiger partial charge in [-0.3, -0.25) is 4.98 Å². The van der Waals surface area contributed by atoms with E-state index >= 15 is 0 Å². The molecule has 0 spiro atoms. The van der Waals surface area contributed by atoms with Crippen molar-refractivity contribution in [1.29, 1.82) is 0 Å². The number of hydrogen-bond donors (Lipinski definition) is 0. The highest BCUT2D eigenvalue weighted by Crippen LogP contribution is 2.32. The van der Waals surface area contributed by atoms with Gasteiger partial charge in [-0.15, -0.1) is 0 Å². The number of hydrogen-bond acceptors (Lipinski definition) is 3. The molecule has 3 heteroatoms. The highest BCUT2D eigenvalue weighted by atomic mass is 14.8. The Bertz CT molecular complexity index is 1600. The summed E-state index contributed by atoms with van der Waals surface area (Å²) >= 11 is 0. The molecule has 6 aromatic rings. The van der Waals surface area contributed by atoms with Crippen molar-refractivity contribution < 1.29 is 0 Å². The van der Waals surface area contributed by atoms with Crippen LogP contribution in [0.5, 0.6) is 0 Å². The molecule has 3 aromatic heterocycles. The molecule has 0 radical (unpaired) electrons. The van der Waals surface area contributed by atoms with Crippen molar-refractivity contribution in [3.63, 3.8) is 0 Å². The van der Waals surface area contributed by atoms with Gasteiger partial charge < -0.3 is 0 Å². The van der Waals surface area contributed by atoms with Crippen molar-refractivity contribution in [3.8, 4) is 33.8 Å². The molecule has 0 amide bonds. The number of rotatable bonds is 3. The van der Waals surface area contributed by atoms with E-state index in [2.05, 4.69) is 85.8 Å². The molecule has 162 valence electrons. The van der Waals surface area contributed by atoms with Gasteiger partial charge in [-0.25, -0.2) is 9.97 Å². The molecule has 0 saturated heterocycles. The summed E-state index contributed by atoms with van der Waals surface area (Å²) in [6.45, 7) is 4.16. The van der Waals surface area contributed by atoms with Gasteiger partial charge in [0.2, 0.25) is 0 Å². The number of fused-ring (bicyclic) bond motifs is 3. The monoisotopic (exact) mass is 437 g/mol. The fourth-order valence-electron chi connectivity index (χ4n) is 4.56. The molecule has 0 saturated carbocycles. The van der Waals surface area contributed by atoms with Crippen molar-refractivity contribution in [2.45, 2.75) is 13.8 Å². The van der Waals surface area contributed by atoms with Crippen molar-refractivity contribution in [2.24, 2.45) is 0 Å². The maximum atomic E-state index is 5.10. The van der Waals surface area contributed by atoms with Gasteiger partial charge in [0.25, 0.3) is 0 Å². The summed E-state index contributed by atoms with van der Waals surface area (Å²) in [6, 6.07) is 35.6. The first kappa shape index (κ1) is 20.3. The van der Waals surface area contributed by atoms with Gasteiger partial charge in [-0.05, 0) is 54.8 Å². The summed E-state index contributed by atoms with van der Waals surface area (Å²) < 4.78 is 0. The molecule has 0 unspecified atom stereocenters. The summed E-state index contributed by atoms with van der Waals surface area (Å²) in [6.07, 6.45) is 0. The first-order chi connectivity index (χ1) is 16.7. The van der Waals surface area contributed by atoms with Gasteiger partial charge in [-0.1, -0.05) is 78.9 Å². The van der Waals surface area contributed by atoms with Gasteiger partial charge in [0.05, 0.1) is 28.1 Å². The van der Waals surface area contributed by atoms with Crippen LogP contribution < -0.4 is 0 Å². The lowest BCUT2D eigenvalue weighted by molar-refractivity contribution is 1.23. The van der Waals surface area contributed by atoms with Crippen molar-refractivity contribution in [2.75, 3.05) is 0 Å². The lowest BCUT2D eigenvalue weighted by atomic mass is 10.0. The second-order valence-corrected chi connectivity index (χ2v) is 8.67. The molecule has 0 aliphatic rings. The summed E-state index contributed by atoms with van der Waals surface area (Å²) in [4.78, 5) is 15.0. The lowest BCUT2D eigenvalue weighted by Crippen LogP contribution is -1.95. The third-order valence-corrected chi connectivity index (χ3v) is 6.24. The second kappa shape index (κ2) is 8.20. The molecule has 3 nitrogen and oxygen atoms in total. The SMILES string of the molecule is Cc1cc(C)c2ccc3ccc(-c4cc(-c5ccccc5)cc(-c5ccccc5)n4)nc3c2n1. The van der Waals surface area contributed by atoms with E-state index in [0.29, 0.717) is 0 Å². The highest BCUT2D eigenvalue weighted by Gasteiger charge is 2.12. The zero-order chi connectivity index (χ0) is 23.1. The van der Waals surface area contributed by atoms with E-state index in [1.807, 2.05) is 31.2 Å². The van der Waals surface area contributed by atoms with Crippen LogP contribution in [0, 0.1) is 13.8 Å². The number of nitrogens with zero attached hydrogens (tertiary/aromatic N) is 3. The normalized spacial score (nSPS) is 11.2. The Balaban J connectivity index is 1.60. The molecular weight excluding hydrogens is 414 g/mol. The lowest BCUT2D eigenvalue weighted by Gasteiger charge is -2.11. The van der Waals surface area contributed by atoms with Crippen LogP contribution in [0.2, 0.25) is 0 Å². The van der Waals surface area contributed by atoms with Crippen molar-refractivity contribution in [1.82, 2.24) is 15.0 Å². The van der Waals surface area contributed by atoms with Crippen molar-refractivity contribution >= 4 is 21.8 Å². The Morgan fingerprint density at radius 2 is 1.15 bits per heavy atom. The summed E-state index contributed by atoms with van der Waals surface area (Å²) in [5.41, 5.74) is 10.1. The molecule has 34 heavy (non-hydrogen) atoms. The van der Waals surface area contributed by atoms with Crippen LogP contribution in [0.3, 0.4) is 0 Å². The smallest absolute Gasteiger partial charge is 0.0972 e. The predicted molar refractivity (Wildman–Crippen MR) is 141 cm³/mol. The first-order valence-electron chi connectivity index (χ1n) is 11.5. The first-order valence-corrected chi connectivity index (χ1v) is 11.5. The summed E-state index contributed by atoms with van der Waals surface area (Å²) in [5.74, 6) is 0. The zero-order valence-electron chi connectivity index (χ0n) is 19.2. The highest BCUT2D eigenvalue weighted by molar-refractivity contribution is 6.04. The minimum atomic E-state index is 0.843. The topological polar surface area (TPSA) is 38.7 Å². The van der Waals surface area contributed by atoms with Gasteiger partial charge in [0, 0.05) is 22.0 Å². The van der Waals surface area contributed by atoms with Gasteiger partial charge in [0.1, 0.15) is 0 Å². The number of aromatic nitrogens is 3. The largest absolute Gasteiger partial charge is 0.251 e. The maximum absolute atomic E-state index is 5.10. The molecule has 0 aliphatic heterocycles. The molecule has 3 aromatic carbocycles. The van der Waals surface area contributed by atoms with Crippen LogP contribution in [0.4, 0.5) is 0 Å². The van der Waals surface area contributed by atoms with Gasteiger partial charge in [0.15, 0.2) is 0 Å². The molecule has 0 aliphatic carbocycles. The quantitative estimate of drug-likeness (QED) is 0.265. The van der Waals surface area contributed by atoms with E-state index in [4.69, 9.17) is 15.0 Å². The van der Waals surface area contributed by atoms with Crippen LogP contribution in [0.1, 0.15) is 11.3 Å². The summed E-state index contributed by atoms with van der Waals surface area (Å²) in [7, 11) is 0. The molecular formula is C31H23N3. The number of benzene rings is 3. The molecule has 0 bridgehead atoms. The Kier molecular flexibility index (Phi) is 4.88. The van der Waals surface area contributed by atoms with E-state index < -0.39 is 0 Å². The Hall–Kier alpha value is -4.37. The van der Waals surface area contributed by atoms with Gasteiger partial charge >= 0.3 is 0 Å². The Morgan fingerprint density at radius 3 is 1.91 bits per heavy atom. The minimum Gasteiger partial charge on any atom is -0.251 e. The minimum absolute atomic E-state index is 0.843. The van der Waals surface area contributed by atoms with E-state index in [0.717, 1.165) is 61.3 Å². The Labute approximate surface area is 198 Å². The van der Waals surface area contributed by atoms with E-state index in [1.165, 1.54) is 5.56 Å². The molecule has 6 rings (SSSR count). The Morgan fingerprint density at radius 1 is 0.471 bits per heavy atom. The fourth-order valence-corrected chi connectivity index (χ4v) is 4.56. The number of aryl methyl sites for hydroxylation is 2. The van der Waals surface area contributed by atoms with Crippen LogP contribution in [0.15, 0.2) is 103 Å². The third-order valence-electron chi connectivity index (χ3n) is 6.24. The van der Waals surface area contributed by atoms with Crippen LogP contribution in [-0.4, -0.2) is 15.0 Å².